The van der Waals surface area contributed by atoms with Gasteiger partial charge in [-0.1, -0.05) is 18.2 Å². The summed E-state index contributed by atoms with van der Waals surface area (Å²) in [4.78, 5) is 0. The summed E-state index contributed by atoms with van der Waals surface area (Å²) in [5, 5.41) is 3.25. The van der Waals surface area contributed by atoms with E-state index in [1.807, 2.05) is 42.5 Å². The molecule has 0 aliphatic carbocycles. The number of methoxy groups -OCH3 is 1. The third-order valence-electron chi connectivity index (χ3n) is 3.03. The number of nitrogens with one attached hydrogen (secondary N) is 1. The largest absolute Gasteiger partial charge is 0.497 e. The van der Waals surface area contributed by atoms with E-state index >= 15 is 0 Å². The van der Waals surface area contributed by atoms with Crippen LogP contribution in [0.5, 0.6) is 5.75 Å². The molecule has 1 atom stereocenters. The van der Waals surface area contributed by atoms with E-state index in [4.69, 9.17) is 16.3 Å². The maximum absolute atomic E-state index is 6.51. The van der Waals surface area contributed by atoms with Crippen LogP contribution in [0.3, 0.4) is 0 Å². The van der Waals surface area contributed by atoms with Gasteiger partial charge in [0.25, 0.3) is 0 Å². The van der Waals surface area contributed by atoms with Gasteiger partial charge in [-0.25, -0.2) is 0 Å². The molecule has 0 spiro atoms. The van der Waals surface area contributed by atoms with E-state index in [2.05, 4.69) is 5.32 Å². The average Bonchev–Trinajstić information content (AvgIpc) is 2.39. The minimum Gasteiger partial charge on any atom is -0.497 e. The molecule has 86 valence electrons. The van der Waals surface area contributed by atoms with Gasteiger partial charge in [0.15, 0.2) is 0 Å². The lowest BCUT2D eigenvalue weighted by Crippen LogP contribution is -2.09. The second kappa shape index (κ2) is 3.97. The lowest BCUT2D eigenvalue weighted by molar-refractivity contribution is 0.414. The highest BCUT2D eigenvalue weighted by Crippen LogP contribution is 2.44. The van der Waals surface area contributed by atoms with Crippen LogP contribution in [-0.2, 0) is 0 Å². The molecule has 1 unspecified atom stereocenters. The third kappa shape index (κ3) is 1.65. The summed E-state index contributed by atoms with van der Waals surface area (Å²) in [6, 6.07) is 14.0. The summed E-state index contributed by atoms with van der Waals surface area (Å²) in [7, 11) is 1.66. The molecule has 1 aliphatic rings. The van der Waals surface area contributed by atoms with E-state index < -0.39 is 0 Å². The Kier molecular flexibility index (Phi) is 2.45. The monoisotopic (exact) mass is 245 g/mol. The van der Waals surface area contributed by atoms with Gasteiger partial charge in [-0.2, -0.15) is 0 Å². The average molecular weight is 246 g/mol. The zero-order chi connectivity index (χ0) is 11.8. The van der Waals surface area contributed by atoms with Crippen molar-refractivity contribution >= 4 is 23.0 Å². The number of fused-ring (bicyclic) bond motifs is 2. The zero-order valence-electron chi connectivity index (χ0n) is 9.41. The normalized spacial score (nSPS) is 16.7. The van der Waals surface area contributed by atoms with Crippen LogP contribution >= 0.6 is 11.6 Å². The highest BCUT2D eigenvalue weighted by molar-refractivity contribution is 6.24. The van der Waals surface area contributed by atoms with Gasteiger partial charge in [0.1, 0.15) is 5.75 Å². The summed E-state index contributed by atoms with van der Waals surface area (Å²) in [6.45, 7) is 0. The zero-order valence-corrected chi connectivity index (χ0v) is 10.2. The van der Waals surface area contributed by atoms with Gasteiger partial charge in [0, 0.05) is 16.9 Å². The molecule has 0 fully saturated rings. The van der Waals surface area contributed by atoms with Crippen molar-refractivity contribution < 1.29 is 4.74 Å². The Balaban J connectivity index is 2.13. The standard InChI is InChI=1S/C14H12ClNO/c1-17-9-6-7-13-11(8-9)14(15)10-4-2-3-5-12(10)16-13/h2-8,14,16H,1H3. The Bertz CT molecular complexity index is 568. The van der Waals surface area contributed by atoms with Crippen LogP contribution in [0.15, 0.2) is 42.5 Å². The molecule has 1 aliphatic heterocycles. The van der Waals surface area contributed by atoms with Crippen molar-refractivity contribution in [3.8, 4) is 5.75 Å². The number of hydrogen-bond donors (Lipinski definition) is 1. The number of halogens is 1. The summed E-state index contributed by atoms with van der Waals surface area (Å²) in [5.41, 5.74) is 4.29. The quantitative estimate of drug-likeness (QED) is 0.765. The maximum atomic E-state index is 6.51. The Hall–Kier alpha value is -1.67. The molecule has 0 saturated heterocycles. The van der Waals surface area contributed by atoms with E-state index in [-0.39, 0.29) is 5.38 Å². The van der Waals surface area contributed by atoms with E-state index in [0.717, 1.165) is 28.3 Å². The van der Waals surface area contributed by atoms with Gasteiger partial charge < -0.3 is 10.1 Å². The van der Waals surface area contributed by atoms with Crippen LogP contribution in [0.25, 0.3) is 0 Å². The third-order valence-corrected chi connectivity index (χ3v) is 3.51. The molecule has 3 heteroatoms. The van der Waals surface area contributed by atoms with Crippen LogP contribution in [0.1, 0.15) is 16.5 Å². The molecular weight excluding hydrogens is 234 g/mol. The maximum Gasteiger partial charge on any atom is 0.119 e. The lowest BCUT2D eigenvalue weighted by atomic mass is 9.96. The second-order valence-corrected chi connectivity index (χ2v) is 4.46. The Labute approximate surface area is 105 Å². The second-order valence-electron chi connectivity index (χ2n) is 4.03. The molecule has 2 nitrogen and oxygen atoms in total. The first kappa shape index (κ1) is 10.5. The molecule has 3 rings (SSSR count). The van der Waals surface area contributed by atoms with Crippen molar-refractivity contribution in [1.82, 2.24) is 0 Å². The van der Waals surface area contributed by atoms with Gasteiger partial charge in [-0.05, 0) is 29.8 Å². The SMILES string of the molecule is COc1ccc2c(c1)C(Cl)c1ccccc1N2. The smallest absolute Gasteiger partial charge is 0.119 e. The van der Waals surface area contributed by atoms with Crippen molar-refractivity contribution in [1.29, 1.82) is 0 Å². The molecule has 0 aromatic heterocycles. The minimum absolute atomic E-state index is 0.127. The van der Waals surface area contributed by atoms with E-state index in [1.165, 1.54) is 0 Å². The molecule has 0 bridgehead atoms. The van der Waals surface area contributed by atoms with Gasteiger partial charge in [-0.15, -0.1) is 11.6 Å². The fraction of sp³-hybridized carbons (Fsp3) is 0.143. The van der Waals surface area contributed by atoms with Crippen LogP contribution in [0.4, 0.5) is 11.4 Å². The van der Waals surface area contributed by atoms with Crippen molar-refractivity contribution in [2.24, 2.45) is 0 Å². The first-order valence-electron chi connectivity index (χ1n) is 5.47. The van der Waals surface area contributed by atoms with Crippen molar-refractivity contribution in [3.05, 3.63) is 53.6 Å². The van der Waals surface area contributed by atoms with Crippen molar-refractivity contribution in [2.45, 2.75) is 5.38 Å². The number of rotatable bonds is 1. The number of benzene rings is 2. The number of para-hydroxylation sites is 1. The molecule has 17 heavy (non-hydrogen) atoms. The van der Waals surface area contributed by atoms with Crippen LogP contribution < -0.4 is 10.1 Å². The molecule has 2 aromatic rings. The fourth-order valence-corrected chi connectivity index (χ4v) is 2.51. The van der Waals surface area contributed by atoms with Gasteiger partial charge in [0.05, 0.1) is 12.5 Å². The van der Waals surface area contributed by atoms with Crippen LogP contribution in [-0.4, -0.2) is 7.11 Å². The van der Waals surface area contributed by atoms with Gasteiger partial charge in [-0.3, -0.25) is 0 Å². The molecule has 0 radical (unpaired) electrons. The summed E-state index contributed by atoms with van der Waals surface area (Å²) in [5.74, 6) is 0.829. The molecule has 0 saturated carbocycles. The van der Waals surface area contributed by atoms with Crippen LogP contribution in [0.2, 0.25) is 0 Å². The highest BCUT2D eigenvalue weighted by Gasteiger charge is 2.23. The topological polar surface area (TPSA) is 21.3 Å². The van der Waals surface area contributed by atoms with Crippen molar-refractivity contribution in [3.63, 3.8) is 0 Å². The van der Waals surface area contributed by atoms with Crippen LogP contribution in [0, 0.1) is 0 Å². The summed E-state index contributed by atoms with van der Waals surface area (Å²) < 4.78 is 5.23. The first-order chi connectivity index (χ1) is 8.29. The number of hydrogen-bond acceptors (Lipinski definition) is 2. The minimum atomic E-state index is -0.127. The Morgan fingerprint density at radius 1 is 1.06 bits per heavy atom. The van der Waals surface area contributed by atoms with E-state index in [0.29, 0.717) is 0 Å². The fourth-order valence-electron chi connectivity index (χ4n) is 2.14. The Morgan fingerprint density at radius 3 is 2.65 bits per heavy atom. The van der Waals surface area contributed by atoms with Crippen molar-refractivity contribution in [2.75, 3.05) is 12.4 Å². The molecule has 1 N–H and O–H groups in total. The number of alkyl halides is 1. The predicted molar refractivity (Wildman–Crippen MR) is 70.4 cm³/mol. The van der Waals surface area contributed by atoms with Gasteiger partial charge in [0.2, 0.25) is 0 Å². The number of ether oxygens (including phenoxy) is 1. The molecule has 0 amide bonds. The molecule has 2 aromatic carbocycles. The molecule has 1 heterocycles. The Morgan fingerprint density at radius 2 is 1.82 bits per heavy atom. The number of anilines is 2. The lowest BCUT2D eigenvalue weighted by Gasteiger charge is -2.25. The first-order valence-corrected chi connectivity index (χ1v) is 5.91. The predicted octanol–water partition coefficient (Wildman–Crippen LogP) is 4.08. The summed E-state index contributed by atoms with van der Waals surface area (Å²) >= 11 is 6.51. The summed E-state index contributed by atoms with van der Waals surface area (Å²) in [6.07, 6.45) is 0. The molecular formula is C14H12ClNO. The van der Waals surface area contributed by atoms with Gasteiger partial charge >= 0.3 is 0 Å². The van der Waals surface area contributed by atoms with E-state index in [9.17, 15) is 0 Å². The highest BCUT2D eigenvalue weighted by atomic mass is 35.5. The van der Waals surface area contributed by atoms with E-state index in [1.54, 1.807) is 7.11 Å².